The summed E-state index contributed by atoms with van der Waals surface area (Å²) in [6.07, 6.45) is 27.6. The van der Waals surface area contributed by atoms with Crippen molar-refractivity contribution in [3.63, 3.8) is 0 Å². The van der Waals surface area contributed by atoms with Crippen LogP contribution in [0.25, 0.3) is 5.57 Å². The van der Waals surface area contributed by atoms with Crippen molar-refractivity contribution < 1.29 is 4.74 Å². The molecule has 0 aromatic heterocycles. The highest BCUT2D eigenvalue weighted by molar-refractivity contribution is 5.84. The van der Waals surface area contributed by atoms with Gasteiger partial charge in [-0.15, -0.1) is 0 Å². The molecule has 2 aromatic carbocycles. The van der Waals surface area contributed by atoms with E-state index in [2.05, 4.69) is 119 Å². The van der Waals surface area contributed by atoms with Crippen LogP contribution in [0.3, 0.4) is 0 Å². The summed E-state index contributed by atoms with van der Waals surface area (Å²) in [7, 11) is 0. The zero-order valence-corrected chi connectivity index (χ0v) is 22.2. The predicted octanol–water partition coefficient (Wildman–Crippen LogP) is 6.83. The highest BCUT2D eigenvalue weighted by Crippen LogP contribution is 2.54. The van der Waals surface area contributed by atoms with Crippen molar-refractivity contribution >= 4 is 17.5 Å². The van der Waals surface area contributed by atoms with Gasteiger partial charge in [-0.2, -0.15) is 5.26 Å². The molecule has 3 heterocycles. The lowest BCUT2D eigenvalue weighted by molar-refractivity contribution is 0.122. The van der Waals surface area contributed by atoms with Crippen LogP contribution in [0.15, 0.2) is 120 Å². The Kier molecular flexibility index (Phi) is 5.52. The normalized spacial score (nSPS) is 35.8. The van der Waals surface area contributed by atoms with Crippen molar-refractivity contribution in [1.29, 1.82) is 5.26 Å². The van der Waals surface area contributed by atoms with Gasteiger partial charge in [-0.3, -0.25) is 4.99 Å². The SMILES string of the molecule is N#CC1C=CC=NC1C1C=CC(c2ccccc2N2C3C=CC4c5ccccc5OC4C3[C@@H]3C=CC=CC32)=CC1. The second-order valence-corrected chi connectivity index (χ2v) is 11.6. The van der Waals surface area contributed by atoms with Crippen LogP contribution in [-0.2, 0) is 0 Å². The van der Waals surface area contributed by atoms with E-state index in [1.165, 1.54) is 22.4 Å². The second-order valence-electron chi connectivity index (χ2n) is 11.6. The van der Waals surface area contributed by atoms with Crippen LogP contribution in [0.2, 0.25) is 0 Å². The van der Waals surface area contributed by atoms with Crippen molar-refractivity contribution in [2.45, 2.75) is 36.6 Å². The molecule has 9 atom stereocenters. The van der Waals surface area contributed by atoms with Gasteiger partial charge in [-0.05, 0) is 30.2 Å². The van der Waals surface area contributed by atoms with Crippen LogP contribution in [0, 0.1) is 35.0 Å². The van der Waals surface area contributed by atoms with Crippen molar-refractivity contribution in [3.05, 3.63) is 126 Å². The number of hydrogen-bond donors (Lipinski definition) is 0. The van der Waals surface area contributed by atoms with Crippen molar-refractivity contribution in [2.24, 2.45) is 28.7 Å². The first kappa shape index (κ1) is 23.5. The fourth-order valence-corrected chi connectivity index (χ4v) is 7.89. The van der Waals surface area contributed by atoms with Gasteiger partial charge in [0.05, 0.1) is 30.1 Å². The van der Waals surface area contributed by atoms with Crippen molar-refractivity contribution in [2.75, 3.05) is 4.90 Å². The van der Waals surface area contributed by atoms with E-state index in [1.54, 1.807) is 0 Å². The number of fused-ring (bicyclic) bond motifs is 7. The maximum absolute atomic E-state index is 9.63. The zero-order chi connectivity index (χ0) is 26.6. The molecule has 0 saturated carbocycles. The smallest absolute Gasteiger partial charge is 0.123 e. The van der Waals surface area contributed by atoms with E-state index >= 15 is 0 Å². The van der Waals surface area contributed by atoms with Gasteiger partial charge in [0.25, 0.3) is 0 Å². The summed E-state index contributed by atoms with van der Waals surface area (Å²) in [6.45, 7) is 0. The summed E-state index contributed by atoms with van der Waals surface area (Å²) in [5.74, 6) is 2.16. The maximum atomic E-state index is 9.63. The number of ether oxygens (including phenoxy) is 1. The molecular formula is C36H31N3O. The number of hydrogen-bond acceptors (Lipinski definition) is 4. The van der Waals surface area contributed by atoms with E-state index in [9.17, 15) is 5.26 Å². The zero-order valence-electron chi connectivity index (χ0n) is 22.2. The monoisotopic (exact) mass is 521 g/mol. The van der Waals surface area contributed by atoms with E-state index in [0.29, 0.717) is 17.8 Å². The van der Waals surface area contributed by atoms with E-state index in [1.807, 2.05) is 18.4 Å². The molecule has 0 radical (unpaired) electrons. The van der Waals surface area contributed by atoms with E-state index < -0.39 is 0 Å². The van der Waals surface area contributed by atoms with Gasteiger partial charge < -0.3 is 9.64 Å². The molecule has 1 fully saturated rings. The quantitative estimate of drug-likeness (QED) is 0.416. The number of rotatable bonds is 3. The molecule has 0 bridgehead atoms. The summed E-state index contributed by atoms with van der Waals surface area (Å²) >= 11 is 0. The third-order valence-corrected chi connectivity index (χ3v) is 9.66. The number of nitrogens with zero attached hydrogens (tertiary/aromatic N) is 3. The molecule has 0 spiro atoms. The van der Waals surface area contributed by atoms with Gasteiger partial charge in [-0.1, -0.05) is 97.2 Å². The Morgan fingerprint density at radius 3 is 2.65 bits per heavy atom. The average molecular weight is 522 g/mol. The first-order valence-corrected chi connectivity index (χ1v) is 14.5. The number of anilines is 1. The Morgan fingerprint density at radius 1 is 0.875 bits per heavy atom. The van der Waals surface area contributed by atoms with Gasteiger partial charge in [0.2, 0.25) is 0 Å². The minimum atomic E-state index is -0.169. The third-order valence-electron chi connectivity index (χ3n) is 9.66. The largest absolute Gasteiger partial charge is 0.489 e. The fraction of sp³-hybridized carbons (Fsp3) is 0.278. The number of dihydropyridines is 1. The van der Waals surface area contributed by atoms with Crippen molar-refractivity contribution in [1.82, 2.24) is 0 Å². The highest BCUT2D eigenvalue weighted by Gasteiger charge is 2.55. The molecule has 1 saturated heterocycles. The topological polar surface area (TPSA) is 48.6 Å². The van der Waals surface area contributed by atoms with Gasteiger partial charge in [0, 0.05) is 46.7 Å². The molecule has 8 unspecified atom stereocenters. The fourth-order valence-electron chi connectivity index (χ4n) is 7.89. The molecule has 3 aliphatic heterocycles. The molecule has 0 amide bonds. The van der Waals surface area contributed by atoms with Crippen LogP contribution in [0.4, 0.5) is 5.69 Å². The Bertz CT molecular complexity index is 1600. The molecule has 3 aliphatic carbocycles. The van der Waals surface area contributed by atoms with E-state index in [4.69, 9.17) is 4.74 Å². The molecule has 196 valence electrons. The number of aliphatic imine (C=N–C) groups is 1. The van der Waals surface area contributed by atoms with Gasteiger partial charge in [0.1, 0.15) is 11.9 Å². The summed E-state index contributed by atoms with van der Waals surface area (Å²) in [6, 6.07) is 20.3. The average Bonchev–Trinajstić information content (AvgIpc) is 3.57. The molecule has 2 aromatic rings. The Morgan fingerprint density at radius 2 is 1.75 bits per heavy atom. The van der Waals surface area contributed by atoms with E-state index in [0.717, 1.165) is 12.2 Å². The lowest BCUT2D eigenvalue weighted by Crippen LogP contribution is -2.43. The lowest BCUT2D eigenvalue weighted by atomic mass is 9.73. The van der Waals surface area contributed by atoms with E-state index in [-0.39, 0.29) is 36.1 Å². The van der Waals surface area contributed by atoms with Gasteiger partial charge >= 0.3 is 0 Å². The maximum Gasteiger partial charge on any atom is 0.123 e. The summed E-state index contributed by atoms with van der Waals surface area (Å²) in [5, 5.41) is 9.63. The number of nitriles is 1. The molecule has 40 heavy (non-hydrogen) atoms. The molecule has 6 aliphatic rings. The minimum Gasteiger partial charge on any atom is -0.489 e. The molecular weight excluding hydrogens is 490 g/mol. The van der Waals surface area contributed by atoms with Gasteiger partial charge in [0.15, 0.2) is 0 Å². The third kappa shape index (κ3) is 3.54. The molecule has 4 nitrogen and oxygen atoms in total. The van der Waals surface area contributed by atoms with Crippen LogP contribution in [0.5, 0.6) is 5.75 Å². The first-order chi connectivity index (χ1) is 19.8. The number of para-hydroxylation sites is 2. The number of allylic oxidation sites excluding steroid dienone is 6. The Labute approximate surface area is 235 Å². The highest BCUT2D eigenvalue weighted by atomic mass is 16.5. The standard InChI is InChI=1S/C36H31N3O/c37-22-25-8-7-21-38-35(25)24-17-15-23(16-18-24)26-9-1-4-12-30(26)39-31-13-5-2-11-29(31)34-32(39)20-19-28-27-10-3-6-14-33(27)40-36(28)34/h1-17,19-21,24-25,28-29,31-32,34-36H,18H2/t24?,25?,28?,29-,31?,32?,34?,35?,36?/m1/s1. The Balaban J connectivity index is 1.14. The molecule has 4 heteroatoms. The molecule has 8 rings (SSSR count). The van der Waals surface area contributed by atoms with Gasteiger partial charge in [-0.25, -0.2) is 0 Å². The minimum absolute atomic E-state index is 0.0191. The Hall–Kier alpha value is -4.36. The first-order valence-electron chi connectivity index (χ1n) is 14.5. The van der Waals surface area contributed by atoms with Crippen LogP contribution >= 0.6 is 0 Å². The van der Waals surface area contributed by atoms with Crippen molar-refractivity contribution in [3.8, 4) is 11.8 Å². The predicted molar refractivity (Wildman–Crippen MR) is 160 cm³/mol. The summed E-state index contributed by atoms with van der Waals surface area (Å²) in [4.78, 5) is 7.30. The van der Waals surface area contributed by atoms with Crippen LogP contribution in [-0.4, -0.2) is 30.4 Å². The van der Waals surface area contributed by atoms with Crippen LogP contribution < -0.4 is 9.64 Å². The summed E-state index contributed by atoms with van der Waals surface area (Å²) in [5.41, 5.74) is 5.09. The summed E-state index contributed by atoms with van der Waals surface area (Å²) < 4.78 is 6.69. The molecule has 0 N–H and O–H groups in total. The lowest BCUT2D eigenvalue weighted by Gasteiger charge is -2.37. The van der Waals surface area contributed by atoms with Crippen LogP contribution in [0.1, 0.15) is 23.5 Å². The second kappa shape index (κ2) is 9.38. The number of benzene rings is 2.